The van der Waals surface area contributed by atoms with Crippen molar-refractivity contribution in [2.45, 2.75) is 64.1 Å². The minimum atomic E-state index is -4.28. The standard InChI is InChI=1S/C21H32F3NOSi/c1-5-27(4,20-11-9-19(10-12-20)21(22,23)24)14-8-6-7-13-25-15-17(2)26-18(3)16-25/h5,9-12,17-18H,1,6-8,13-16H2,2-4H3. The predicted molar refractivity (Wildman–Crippen MR) is 108 cm³/mol. The van der Waals surface area contributed by atoms with E-state index in [1.54, 1.807) is 12.1 Å². The van der Waals surface area contributed by atoms with Gasteiger partial charge in [0.1, 0.15) is 8.07 Å². The fourth-order valence-electron chi connectivity index (χ4n) is 3.88. The van der Waals surface area contributed by atoms with Crippen molar-refractivity contribution in [3.05, 3.63) is 42.1 Å². The normalized spacial score (nSPS) is 23.8. The number of halogens is 3. The predicted octanol–water partition coefficient (Wildman–Crippen LogP) is 5.00. The van der Waals surface area contributed by atoms with Gasteiger partial charge in [-0.25, -0.2) is 0 Å². The second-order valence-electron chi connectivity index (χ2n) is 8.02. The van der Waals surface area contributed by atoms with Crippen LogP contribution in [-0.2, 0) is 10.9 Å². The molecular formula is C21H32F3NOSi. The minimum absolute atomic E-state index is 0.296. The van der Waals surface area contributed by atoms with Crippen LogP contribution in [0.15, 0.2) is 36.5 Å². The first kappa shape index (κ1) is 22.2. The summed E-state index contributed by atoms with van der Waals surface area (Å²) >= 11 is 0. The molecule has 0 aliphatic carbocycles. The van der Waals surface area contributed by atoms with E-state index in [1.165, 1.54) is 12.1 Å². The maximum Gasteiger partial charge on any atom is 0.416 e. The number of hydrogen-bond donors (Lipinski definition) is 0. The highest BCUT2D eigenvalue weighted by Gasteiger charge is 2.32. The van der Waals surface area contributed by atoms with Gasteiger partial charge in [-0.1, -0.05) is 60.6 Å². The summed E-state index contributed by atoms with van der Waals surface area (Å²) in [5.41, 5.74) is 1.42. The third-order valence-corrected chi connectivity index (χ3v) is 9.43. The smallest absolute Gasteiger partial charge is 0.373 e. The van der Waals surface area contributed by atoms with Gasteiger partial charge in [-0.15, -0.1) is 6.58 Å². The maximum absolute atomic E-state index is 12.8. The molecule has 0 aromatic heterocycles. The third-order valence-electron chi connectivity index (χ3n) is 5.49. The number of nitrogens with zero attached hydrogens (tertiary/aromatic N) is 1. The van der Waals surface area contributed by atoms with Crippen LogP contribution in [0.5, 0.6) is 0 Å². The summed E-state index contributed by atoms with van der Waals surface area (Å²) in [6, 6.07) is 6.72. The van der Waals surface area contributed by atoms with E-state index < -0.39 is 19.8 Å². The van der Waals surface area contributed by atoms with Crippen LogP contribution in [0.4, 0.5) is 13.2 Å². The first-order chi connectivity index (χ1) is 12.6. The molecule has 0 saturated carbocycles. The van der Waals surface area contributed by atoms with Gasteiger partial charge in [0.2, 0.25) is 0 Å². The first-order valence-electron chi connectivity index (χ1n) is 9.83. The monoisotopic (exact) mass is 399 g/mol. The number of benzene rings is 1. The molecule has 1 aromatic carbocycles. The molecule has 0 spiro atoms. The van der Waals surface area contributed by atoms with Gasteiger partial charge >= 0.3 is 6.18 Å². The summed E-state index contributed by atoms with van der Waals surface area (Å²) in [5.74, 6) is 0. The highest BCUT2D eigenvalue weighted by molar-refractivity contribution is 6.94. The zero-order valence-corrected chi connectivity index (χ0v) is 17.7. The zero-order valence-electron chi connectivity index (χ0n) is 16.7. The Kier molecular flexibility index (Phi) is 7.71. The molecule has 1 fully saturated rings. The summed E-state index contributed by atoms with van der Waals surface area (Å²) in [7, 11) is -1.93. The van der Waals surface area contributed by atoms with Crippen LogP contribution < -0.4 is 5.19 Å². The van der Waals surface area contributed by atoms with Crippen molar-refractivity contribution < 1.29 is 17.9 Å². The molecule has 1 heterocycles. The van der Waals surface area contributed by atoms with E-state index in [4.69, 9.17) is 4.74 Å². The molecule has 0 amide bonds. The van der Waals surface area contributed by atoms with Gasteiger partial charge < -0.3 is 4.74 Å². The molecule has 6 heteroatoms. The van der Waals surface area contributed by atoms with Gasteiger partial charge in [0.15, 0.2) is 0 Å². The molecule has 1 aliphatic heterocycles. The fourth-order valence-corrected chi connectivity index (χ4v) is 6.52. The third kappa shape index (κ3) is 6.47. The van der Waals surface area contributed by atoms with Crippen molar-refractivity contribution >= 4 is 13.3 Å². The fraction of sp³-hybridized carbons (Fsp3) is 0.619. The molecule has 1 aromatic rings. The van der Waals surface area contributed by atoms with Crippen molar-refractivity contribution in [2.75, 3.05) is 19.6 Å². The lowest BCUT2D eigenvalue weighted by Gasteiger charge is -2.35. The van der Waals surface area contributed by atoms with Crippen molar-refractivity contribution in [1.82, 2.24) is 4.90 Å². The Morgan fingerprint density at radius 1 is 1.11 bits per heavy atom. The van der Waals surface area contributed by atoms with Gasteiger partial charge in [0.25, 0.3) is 0 Å². The Bertz CT molecular complexity index is 594. The van der Waals surface area contributed by atoms with Crippen LogP contribution in [0.2, 0.25) is 12.6 Å². The highest BCUT2D eigenvalue weighted by atomic mass is 28.3. The summed E-state index contributed by atoms with van der Waals surface area (Å²) in [6.07, 6.45) is -0.315. The topological polar surface area (TPSA) is 12.5 Å². The van der Waals surface area contributed by atoms with Crippen LogP contribution in [-0.4, -0.2) is 44.8 Å². The van der Waals surface area contributed by atoms with Crippen LogP contribution in [0.3, 0.4) is 0 Å². The average Bonchev–Trinajstić information content (AvgIpc) is 2.60. The Labute approximate surface area is 162 Å². The molecule has 1 saturated heterocycles. The van der Waals surface area contributed by atoms with Crippen molar-refractivity contribution in [1.29, 1.82) is 0 Å². The Morgan fingerprint density at radius 3 is 2.22 bits per heavy atom. The molecule has 152 valence electrons. The molecular weight excluding hydrogens is 367 g/mol. The van der Waals surface area contributed by atoms with Crippen molar-refractivity contribution in [3.8, 4) is 0 Å². The SMILES string of the molecule is C=C[Si](C)(CCCCCN1CC(C)OC(C)C1)c1ccc(C(F)(F)F)cc1. The molecule has 0 radical (unpaired) electrons. The van der Waals surface area contributed by atoms with E-state index in [9.17, 15) is 13.2 Å². The van der Waals surface area contributed by atoms with Gasteiger partial charge in [0.05, 0.1) is 17.8 Å². The van der Waals surface area contributed by atoms with Gasteiger partial charge in [-0.2, -0.15) is 13.2 Å². The van der Waals surface area contributed by atoms with Crippen molar-refractivity contribution in [2.24, 2.45) is 0 Å². The molecule has 2 nitrogen and oxygen atoms in total. The van der Waals surface area contributed by atoms with E-state index in [1.807, 2.05) is 5.70 Å². The Hall–Kier alpha value is -1.11. The summed E-state index contributed by atoms with van der Waals surface area (Å²) in [6.45, 7) is 13.5. The lowest BCUT2D eigenvalue weighted by Crippen LogP contribution is -2.45. The van der Waals surface area contributed by atoms with Crippen molar-refractivity contribution in [3.63, 3.8) is 0 Å². The highest BCUT2D eigenvalue weighted by Crippen LogP contribution is 2.29. The van der Waals surface area contributed by atoms with Gasteiger partial charge in [-0.05, 0) is 26.8 Å². The quantitative estimate of drug-likeness (QED) is 0.451. The van der Waals surface area contributed by atoms with Crippen LogP contribution in [0, 0.1) is 0 Å². The summed E-state index contributed by atoms with van der Waals surface area (Å²) in [4.78, 5) is 2.47. The van der Waals surface area contributed by atoms with E-state index in [0.717, 1.165) is 50.1 Å². The number of rotatable bonds is 8. The number of alkyl halides is 3. The van der Waals surface area contributed by atoms with Gasteiger partial charge in [-0.3, -0.25) is 4.90 Å². The molecule has 3 atom stereocenters. The summed E-state index contributed by atoms with van der Waals surface area (Å²) < 4.78 is 44.1. The second-order valence-corrected chi connectivity index (χ2v) is 12.3. The molecule has 3 unspecified atom stereocenters. The van der Waals surface area contributed by atoms with Crippen LogP contribution in [0.1, 0.15) is 38.7 Å². The van der Waals surface area contributed by atoms with E-state index in [2.05, 4.69) is 31.9 Å². The lowest BCUT2D eigenvalue weighted by molar-refractivity contribution is -0.137. The average molecular weight is 400 g/mol. The Balaban J connectivity index is 1.81. The van der Waals surface area contributed by atoms with E-state index in [-0.39, 0.29) is 0 Å². The number of morpholine rings is 1. The largest absolute Gasteiger partial charge is 0.416 e. The lowest BCUT2D eigenvalue weighted by atomic mass is 10.2. The molecule has 27 heavy (non-hydrogen) atoms. The first-order valence-corrected chi connectivity index (χ1v) is 12.6. The number of ether oxygens (including phenoxy) is 1. The number of hydrogen-bond acceptors (Lipinski definition) is 2. The molecule has 2 rings (SSSR count). The molecule has 0 N–H and O–H groups in total. The molecule has 1 aliphatic rings. The van der Waals surface area contributed by atoms with E-state index in [0.29, 0.717) is 12.2 Å². The van der Waals surface area contributed by atoms with Gasteiger partial charge in [0, 0.05) is 13.1 Å². The zero-order chi connectivity index (χ0) is 20.1. The minimum Gasteiger partial charge on any atom is -0.373 e. The molecule has 0 bridgehead atoms. The van der Waals surface area contributed by atoms with E-state index >= 15 is 0 Å². The van der Waals surface area contributed by atoms with Crippen LogP contribution >= 0.6 is 0 Å². The van der Waals surface area contributed by atoms with Crippen LogP contribution in [0.25, 0.3) is 0 Å². The summed E-state index contributed by atoms with van der Waals surface area (Å²) in [5, 5.41) is 1.03. The Morgan fingerprint density at radius 2 is 1.70 bits per heavy atom. The number of unbranched alkanes of at least 4 members (excludes halogenated alkanes) is 2. The second kappa shape index (κ2) is 9.39. The maximum atomic E-state index is 12.8.